The Hall–Kier alpha value is -0.130. The Morgan fingerprint density at radius 1 is 1.44 bits per heavy atom. The maximum Gasteiger partial charge on any atom is 0.153 e. The molecule has 1 rings (SSSR count). The van der Waals surface area contributed by atoms with Gasteiger partial charge in [0.15, 0.2) is 9.84 Å². The Kier molecular flexibility index (Phi) is 4.37. The van der Waals surface area contributed by atoms with Gasteiger partial charge >= 0.3 is 0 Å². The quantitative estimate of drug-likeness (QED) is 0.792. The van der Waals surface area contributed by atoms with E-state index in [2.05, 4.69) is 4.90 Å². The van der Waals surface area contributed by atoms with Gasteiger partial charge in [0.25, 0.3) is 0 Å². The fourth-order valence-electron chi connectivity index (χ4n) is 2.10. The topological polar surface area (TPSA) is 63.4 Å². The summed E-state index contributed by atoms with van der Waals surface area (Å²) in [5.74, 6) is 0.613. The highest BCUT2D eigenvalue weighted by Gasteiger charge is 2.27. The van der Waals surface area contributed by atoms with E-state index < -0.39 is 9.84 Å². The third kappa shape index (κ3) is 4.80. The summed E-state index contributed by atoms with van der Waals surface area (Å²) in [7, 11) is -2.78. The van der Waals surface area contributed by atoms with E-state index in [1.54, 1.807) is 0 Å². The molecule has 0 aromatic rings. The SMILES string of the molecule is CC1CS(=O)(=O)CCN1CCCC(C)(C)N. The highest BCUT2D eigenvalue weighted by atomic mass is 32.2. The van der Waals surface area contributed by atoms with E-state index in [1.807, 2.05) is 20.8 Å². The molecule has 4 nitrogen and oxygen atoms in total. The number of hydrogen-bond donors (Lipinski definition) is 1. The molecule has 0 aliphatic carbocycles. The highest BCUT2D eigenvalue weighted by Crippen LogP contribution is 2.14. The third-order valence-electron chi connectivity index (χ3n) is 3.07. The predicted molar refractivity (Wildman–Crippen MR) is 67.2 cm³/mol. The molecule has 5 heteroatoms. The van der Waals surface area contributed by atoms with Crippen molar-refractivity contribution in [3.63, 3.8) is 0 Å². The number of hydrogen-bond acceptors (Lipinski definition) is 4. The third-order valence-corrected chi connectivity index (χ3v) is 4.87. The summed E-state index contributed by atoms with van der Waals surface area (Å²) >= 11 is 0. The van der Waals surface area contributed by atoms with E-state index in [4.69, 9.17) is 5.73 Å². The second-order valence-corrected chi connectivity index (χ2v) is 7.82. The van der Waals surface area contributed by atoms with Gasteiger partial charge in [-0.2, -0.15) is 0 Å². The molecule has 1 aliphatic rings. The summed E-state index contributed by atoms with van der Waals surface area (Å²) in [6.45, 7) is 7.67. The lowest BCUT2D eigenvalue weighted by Crippen LogP contribution is -2.47. The van der Waals surface area contributed by atoms with Crippen molar-refractivity contribution < 1.29 is 8.42 Å². The van der Waals surface area contributed by atoms with Crippen LogP contribution in [-0.4, -0.2) is 49.5 Å². The molecule has 0 aromatic carbocycles. The Labute approximate surface area is 99.1 Å². The van der Waals surface area contributed by atoms with Crippen molar-refractivity contribution in [3.05, 3.63) is 0 Å². The summed E-state index contributed by atoms with van der Waals surface area (Å²) < 4.78 is 22.8. The van der Waals surface area contributed by atoms with E-state index in [0.717, 1.165) is 19.4 Å². The summed E-state index contributed by atoms with van der Waals surface area (Å²) in [4.78, 5) is 2.26. The second kappa shape index (κ2) is 5.02. The average molecular weight is 248 g/mol. The van der Waals surface area contributed by atoms with Gasteiger partial charge in [0.2, 0.25) is 0 Å². The molecule has 0 bridgehead atoms. The van der Waals surface area contributed by atoms with E-state index in [9.17, 15) is 8.42 Å². The molecule has 0 saturated carbocycles. The Balaban J connectivity index is 2.34. The standard InChI is InChI=1S/C11H24N2O2S/c1-10-9-16(14,15)8-7-13(10)6-4-5-11(2,3)12/h10H,4-9,12H2,1-3H3. The van der Waals surface area contributed by atoms with E-state index >= 15 is 0 Å². The van der Waals surface area contributed by atoms with Crippen LogP contribution < -0.4 is 5.73 Å². The highest BCUT2D eigenvalue weighted by molar-refractivity contribution is 7.91. The molecule has 2 N–H and O–H groups in total. The summed E-state index contributed by atoms with van der Waals surface area (Å²) in [5, 5.41) is 0. The lowest BCUT2D eigenvalue weighted by atomic mass is 10.00. The van der Waals surface area contributed by atoms with Crippen molar-refractivity contribution in [2.24, 2.45) is 5.73 Å². The monoisotopic (exact) mass is 248 g/mol. The Morgan fingerprint density at radius 3 is 2.56 bits per heavy atom. The molecule has 0 radical (unpaired) electrons. The van der Waals surface area contributed by atoms with Gasteiger partial charge in [-0.25, -0.2) is 8.42 Å². The van der Waals surface area contributed by atoms with Crippen LogP contribution in [-0.2, 0) is 9.84 Å². The minimum Gasteiger partial charge on any atom is -0.326 e. The van der Waals surface area contributed by atoms with Crippen molar-refractivity contribution in [1.29, 1.82) is 0 Å². The fraction of sp³-hybridized carbons (Fsp3) is 1.00. The average Bonchev–Trinajstić information content (AvgIpc) is 2.06. The molecule has 1 fully saturated rings. The smallest absolute Gasteiger partial charge is 0.153 e. The molecular weight excluding hydrogens is 224 g/mol. The zero-order valence-corrected chi connectivity index (χ0v) is 11.4. The summed E-state index contributed by atoms with van der Waals surface area (Å²) in [5.41, 5.74) is 5.79. The maximum atomic E-state index is 11.4. The molecule has 1 unspecified atom stereocenters. The zero-order valence-electron chi connectivity index (χ0n) is 10.6. The second-order valence-electron chi connectivity index (χ2n) is 5.59. The largest absolute Gasteiger partial charge is 0.326 e. The molecule has 0 amide bonds. The van der Waals surface area contributed by atoms with Crippen molar-refractivity contribution in [2.45, 2.75) is 45.2 Å². The maximum absolute atomic E-state index is 11.4. The number of rotatable bonds is 4. The van der Waals surface area contributed by atoms with Crippen LogP contribution in [0.2, 0.25) is 0 Å². The summed E-state index contributed by atoms with van der Waals surface area (Å²) in [6, 6.07) is 0.152. The van der Waals surface area contributed by atoms with Crippen LogP contribution in [0.3, 0.4) is 0 Å². The Bertz CT molecular complexity index is 319. The molecular formula is C11H24N2O2S. The van der Waals surface area contributed by atoms with Gasteiger partial charge in [0.05, 0.1) is 11.5 Å². The number of nitrogens with zero attached hydrogens (tertiary/aromatic N) is 1. The van der Waals surface area contributed by atoms with Crippen LogP contribution in [0.5, 0.6) is 0 Å². The van der Waals surface area contributed by atoms with Crippen molar-refractivity contribution in [2.75, 3.05) is 24.6 Å². The predicted octanol–water partition coefficient (Wildman–Crippen LogP) is 0.623. The lowest BCUT2D eigenvalue weighted by molar-refractivity contribution is 0.216. The van der Waals surface area contributed by atoms with Gasteiger partial charge < -0.3 is 5.73 Å². The van der Waals surface area contributed by atoms with Crippen LogP contribution in [0.25, 0.3) is 0 Å². The normalized spacial score (nSPS) is 26.9. The van der Waals surface area contributed by atoms with Crippen molar-refractivity contribution in [3.8, 4) is 0 Å². The molecule has 0 spiro atoms. The van der Waals surface area contributed by atoms with E-state index in [0.29, 0.717) is 18.1 Å². The molecule has 1 saturated heterocycles. The minimum absolute atomic E-state index is 0.120. The van der Waals surface area contributed by atoms with Crippen LogP contribution in [0.15, 0.2) is 0 Å². The fourth-order valence-corrected chi connectivity index (χ4v) is 3.73. The number of sulfone groups is 1. The van der Waals surface area contributed by atoms with Crippen LogP contribution in [0.4, 0.5) is 0 Å². The van der Waals surface area contributed by atoms with Gasteiger partial charge in [-0.1, -0.05) is 0 Å². The molecule has 1 heterocycles. The van der Waals surface area contributed by atoms with Crippen molar-refractivity contribution in [1.82, 2.24) is 4.90 Å². The first-order valence-electron chi connectivity index (χ1n) is 5.93. The van der Waals surface area contributed by atoms with Gasteiger partial charge in [-0.3, -0.25) is 4.90 Å². The molecule has 16 heavy (non-hydrogen) atoms. The molecule has 1 aliphatic heterocycles. The molecule has 96 valence electrons. The van der Waals surface area contributed by atoms with E-state index in [-0.39, 0.29) is 11.6 Å². The Morgan fingerprint density at radius 2 is 2.06 bits per heavy atom. The van der Waals surface area contributed by atoms with Crippen LogP contribution in [0, 0.1) is 0 Å². The van der Waals surface area contributed by atoms with Gasteiger partial charge in [-0.05, 0) is 40.2 Å². The van der Waals surface area contributed by atoms with Crippen LogP contribution >= 0.6 is 0 Å². The summed E-state index contributed by atoms with van der Waals surface area (Å²) in [6.07, 6.45) is 2.01. The minimum atomic E-state index is -2.78. The van der Waals surface area contributed by atoms with Crippen LogP contribution in [0.1, 0.15) is 33.6 Å². The van der Waals surface area contributed by atoms with E-state index in [1.165, 1.54) is 0 Å². The first kappa shape index (κ1) is 13.9. The van der Waals surface area contributed by atoms with Crippen molar-refractivity contribution >= 4 is 9.84 Å². The molecule has 0 aromatic heterocycles. The first-order valence-corrected chi connectivity index (χ1v) is 7.75. The molecule has 1 atom stereocenters. The van der Waals surface area contributed by atoms with Gasteiger partial charge in [0, 0.05) is 18.1 Å². The lowest BCUT2D eigenvalue weighted by Gasteiger charge is -2.33. The first-order chi connectivity index (χ1) is 7.20. The van der Waals surface area contributed by atoms with Gasteiger partial charge in [-0.15, -0.1) is 0 Å². The van der Waals surface area contributed by atoms with Gasteiger partial charge in [0.1, 0.15) is 0 Å². The number of nitrogens with two attached hydrogens (primary N) is 1. The zero-order chi connectivity index (χ0) is 12.4.